The first-order valence-electron chi connectivity index (χ1n) is 11.9. The van der Waals surface area contributed by atoms with Crippen molar-refractivity contribution >= 4 is 23.3 Å². The number of nitrogens with one attached hydrogen (secondary N) is 1. The van der Waals surface area contributed by atoms with Crippen molar-refractivity contribution in [3.63, 3.8) is 0 Å². The lowest BCUT2D eigenvalue weighted by atomic mass is 10.0. The Labute approximate surface area is 218 Å². The number of amides is 1. The van der Waals surface area contributed by atoms with Gasteiger partial charge < -0.3 is 10.2 Å². The van der Waals surface area contributed by atoms with Gasteiger partial charge in [0.1, 0.15) is 11.5 Å². The minimum absolute atomic E-state index is 0.00116. The number of halogens is 4. The molecule has 1 aliphatic heterocycles. The Morgan fingerprint density at radius 3 is 2.38 bits per heavy atom. The van der Waals surface area contributed by atoms with Crippen molar-refractivity contribution in [2.75, 3.05) is 32.1 Å². The van der Waals surface area contributed by atoms with Crippen LogP contribution >= 0.6 is 11.6 Å². The van der Waals surface area contributed by atoms with Crippen LogP contribution in [0.15, 0.2) is 48.9 Å². The highest BCUT2D eigenvalue weighted by molar-refractivity contribution is 6.33. The van der Waals surface area contributed by atoms with Gasteiger partial charge in [0.2, 0.25) is 5.91 Å². The van der Waals surface area contributed by atoms with Crippen LogP contribution < -0.4 is 10.2 Å². The van der Waals surface area contributed by atoms with Crippen molar-refractivity contribution in [2.24, 2.45) is 0 Å². The van der Waals surface area contributed by atoms with Crippen LogP contribution in [-0.4, -0.2) is 65.0 Å². The molecule has 1 N–H and O–H groups in total. The number of nitrogens with zero attached hydrogens (tertiary/aromatic N) is 5. The first-order chi connectivity index (χ1) is 17.5. The van der Waals surface area contributed by atoms with Gasteiger partial charge in [-0.25, -0.2) is 4.98 Å². The van der Waals surface area contributed by atoms with Crippen LogP contribution in [-0.2, 0) is 11.0 Å². The summed E-state index contributed by atoms with van der Waals surface area (Å²) in [5.74, 6) is 0.628. The number of carbonyl (C=O) groups excluding carboxylic acids is 1. The Morgan fingerprint density at radius 2 is 1.78 bits per heavy atom. The summed E-state index contributed by atoms with van der Waals surface area (Å²) in [6.45, 7) is 3.20. The SMILES string of the molecule is CC(C(=O)NC1CCN(c2cnc(-c3ccc(C(F)(F)F)cc3)c(-c3ccncc3Cl)n2)CC1)N(C)C. The molecule has 1 unspecified atom stereocenters. The number of hydrogen-bond acceptors (Lipinski definition) is 6. The Morgan fingerprint density at radius 1 is 1.11 bits per heavy atom. The smallest absolute Gasteiger partial charge is 0.355 e. The van der Waals surface area contributed by atoms with Crippen LogP contribution in [0.5, 0.6) is 0 Å². The number of rotatable bonds is 6. The van der Waals surface area contributed by atoms with E-state index in [2.05, 4.69) is 20.2 Å². The molecule has 0 radical (unpaired) electrons. The van der Waals surface area contributed by atoms with Gasteiger partial charge in [0, 0.05) is 42.7 Å². The number of hydrogen-bond donors (Lipinski definition) is 1. The summed E-state index contributed by atoms with van der Waals surface area (Å²) in [5, 5.41) is 3.47. The van der Waals surface area contributed by atoms with E-state index >= 15 is 0 Å². The largest absolute Gasteiger partial charge is 0.416 e. The van der Waals surface area contributed by atoms with Crippen LogP contribution in [0.1, 0.15) is 25.3 Å². The molecule has 1 saturated heterocycles. The normalized spacial score (nSPS) is 15.6. The topological polar surface area (TPSA) is 74.2 Å². The minimum atomic E-state index is -4.43. The zero-order valence-electron chi connectivity index (χ0n) is 20.8. The molecule has 2 aromatic heterocycles. The van der Waals surface area contributed by atoms with E-state index in [0.717, 1.165) is 25.0 Å². The summed E-state index contributed by atoms with van der Waals surface area (Å²) in [6.07, 6.45) is 1.76. The Bertz CT molecular complexity index is 1240. The number of aromatic nitrogens is 3. The van der Waals surface area contributed by atoms with Crippen LogP contribution in [0.4, 0.5) is 19.0 Å². The lowest BCUT2D eigenvalue weighted by Gasteiger charge is -2.34. The molecular formula is C26H28ClF3N6O. The molecule has 196 valence electrons. The van der Waals surface area contributed by atoms with Gasteiger partial charge in [-0.3, -0.25) is 19.7 Å². The second-order valence-electron chi connectivity index (χ2n) is 9.27. The van der Waals surface area contributed by atoms with E-state index in [1.54, 1.807) is 18.5 Å². The molecule has 11 heteroatoms. The summed E-state index contributed by atoms with van der Waals surface area (Å²) in [4.78, 5) is 29.8. The van der Waals surface area contributed by atoms with Crippen molar-refractivity contribution in [1.82, 2.24) is 25.2 Å². The van der Waals surface area contributed by atoms with E-state index in [9.17, 15) is 18.0 Å². The number of likely N-dealkylation sites (N-methyl/N-ethyl adjacent to an activating group) is 1. The third kappa shape index (κ3) is 6.19. The van der Waals surface area contributed by atoms with Gasteiger partial charge in [-0.1, -0.05) is 23.7 Å². The molecule has 3 heterocycles. The van der Waals surface area contributed by atoms with Gasteiger partial charge in [-0.15, -0.1) is 0 Å². The predicted molar refractivity (Wildman–Crippen MR) is 137 cm³/mol. The molecular weight excluding hydrogens is 505 g/mol. The highest BCUT2D eigenvalue weighted by Gasteiger charge is 2.30. The van der Waals surface area contributed by atoms with Crippen LogP contribution in [0, 0.1) is 0 Å². The summed E-state index contributed by atoms with van der Waals surface area (Å²) in [6, 6.07) is 6.38. The summed E-state index contributed by atoms with van der Waals surface area (Å²) in [5.41, 5.74) is 1.22. The van der Waals surface area contributed by atoms with Crippen molar-refractivity contribution in [3.8, 4) is 22.5 Å². The Kier molecular flexibility index (Phi) is 7.99. The molecule has 0 spiro atoms. The van der Waals surface area contributed by atoms with E-state index in [1.807, 2.05) is 25.9 Å². The maximum atomic E-state index is 13.1. The maximum absolute atomic E-state index is 13.1. The van der Waals surface area contributed by atoms with Gasteiger partial charge in [0.25, 0.3) is 0 Å². The van der Waals surface area contributed by atoms with Gasteiger partial charge in [-0.2, -0.15) is 13.2 Å². The average molecular weight is 533 g/mol. The molecule has 1 aromatic carbocycles. The van der Waals surface area contributed by atoms with Crippen molar-refractivity contribution in [2.45, 2.75) is 38.0 Å². The van der Waals surface area contributed by atoms with Crippen molar-refractivity contribution < 1.29 is 18.0 Å². The summed E-state index contributed by atoms with van der Waals surface area (Å²) in [7, 11) is 3.74. The number of piperidine rings is 1. The number of pyridine rings is 1. The zero-order chi connectivity index (χ0) is 26.7. The fourth-order valence-corrected chi connectivity index (χ4v) is 4.33. The molecule has 1 amide bonds. The van der Waals surface area contributed by atoms with E-state index in [0.29, 0.717) is 46.4 Å². The minimum Gasteiger partial charge on any atom is -0.355 e. The molecule has 0 bridgehead atoms. The van der Waals surface area contributed by atoms with Gasteiger partial charge >= 0.3 is 6.18 Å². The first kappa shape index (κ1) is 26.8. The fraction of sp³-hybridized carbons (Fsp3) is 0.385. The van der Waals surface area contributed by atoms with E-state index in [4.69, 9.17) is 16.6 Å². The lowest BCUT2D eigenvalue weighted by Crippen LogP contribution is -2.49. The molecule has 1 atom stereocenters. The van der Waals surface area contributed by atoms with Crippen molar-refractivity contribution in [3.05, 3.63) is 59.5 Å². The monoisotopic (exact) mass is 532 g/mol. The predicted octanol–water partition coefficient (Wildman–Crippen LogP) is 4.91. The molecule has 3 aromatic rings. The Balaban J connectivity index is 1.59. The van der Waals surface area contributed by atoms with Crippen molar-refractivity contribution in [1.29, 1.82) is 0 Å². The third-order valence-corrected chi connectivity index (χ3v) is 6.89. The van der Waals surface area contributed by atoms with Gasteiger partial charge in [0.15, 0.2) is 0 Å². The second kappa shape index (κ2) is 11.0. The second-order valence-corrected chi connectivity index (χ2v) is 9.67. The van der Waals surface area contributed by atoms with Crippen LogP contribution in [0.2, 0.25) is 5.02 Å². The van der Waals surface area contributed by atoms with E-state index in [-0.39, 0.29) is 18.0 Å². The Hall–Kier alpha value is -3.24. The van der Waals surface area contributed by atoms with Crippen LogP contribution in [0.25, 0.3) is 22.5 Å². The number of anilines is 1. The van der Waals surface area contributed by atoms with Crippen LogP contribution in [0.3, 0.4) is 0 Å². The quantitative estimate of drug-likeness (QED) is 0.486. The number of alkyl halides is 3. The molecule has 0 saturated carbocycles. The first-order valence-corrected chi connectivity index (χ1v) is 12.3. The number of benzene rings is 1. The van der Waals surface area contributed by atoms with E-state index in [1.165, 1.54) is 18.3 Å². The molecule has 7 nitrogen and oxygen atoms in total. The molecule has 4 rings (SSSR count). The number of carbonyl (C=O) groups is 1. The molecule has 1 aliphatic rings. The molecule has 37 heavy (non-hydrogen) atoms. The summed E-state index contributed by atoms with van der Waals surface area (Å²) >= 11 is 6.42. The maximum Gasteiger partial charge on any atom is 0.416 e. The molecule has 1 fully saturated rings. The lowest BCUT2D eigenvalue weighted by molar-refractivity contribution is -0.137. The standard InChI is InChI=1S/C26H28ClF3N6O/c1-16(35(2)3)25(37)33-19-9-12-36(13-10-19)22-15-32-23(17-4-6-18(7-5-17)26(28,29)30)24(34-22)20-8-11-31-14-21(20)27/h4-8,11,14-16,19H,9-10,12-13H2,1-3H3,(H,33,37). The fourth-order valence-electron chi connectivity index (χ4n) is 4.12. The van der Waals surface area contributed by atoms with Gasteiger partial charge in [0.05, 0.1) is 28.5 Å². The molecule has 0 aliphatic carbocycles. The van der Waals surface area contributed by atoms with Gasteiger partial charge in [-0.05, 0) is 52.1 Å². The highest BCUT2D eigenvalue weighted by Crippen LogP contribution is 2.36. The average Bonchev–Trinajstić information content (AvgIpc) is 2.88. The third-order valence-electron chi connectivity index (χ3n) is 6.59. The van der Waals surface area contributed by atoms with E-state index < -0.39 is 11.7 Å². The highest BCUT2D eigenvalue weighted by atomic mass is 35.5. The summed E-state index contributed by atoms with van der Waals surface area (Å²) < 4.78 is 39.2. The zero-order valence-corrected chi connectivity index (χ0v) is 21.5.